The molecule has 1 aliphatic rings. The zero-order chi connectivity index (χ0) is 15.1. The highest BCUT2D eigenvalue weighted by molar-refractivity contribution is 14.1. The third-order valence-electron chi connectivity index (χ3n) is 3.75. The van der Waals surface area contributed by atoms with Crippen LogP contribution in [0.15, 0.2) is 54.7 Å². The van der Waals surface area contributed by atoms with Gasteiger partial charge in [-0.3, -0.25) is 9.78 Å². The van der Waals surface area contributed by atoms with Gasteiger partial charge in [-0.25, -0.2) is 0 Å². The first-order chi connectivity index (χ1) is 10.7. The van der Waals surface area contributed by atoms with Crippen LogP contribution in [0.2, 0.25) is 0 Å². The summed E-state index contributed by atoms with van der Waals surface area (Å²) >= 11 is 2.26. The molecule has 4 rings (SSSR count). The Bertz CT molecular complexity index is 941. The van der Waals surface area contributed by atoms with Crippen LogP contribution in [0.25, 0.3) is 22.6 Å². The standard InChI is InChI=1S/C18H11IN2O/c19-12-5-6-17-14(10-12)15(18(22)21-17)9-11-7-8-20-16-4-2-1-3-13(11)16/h1-10H,(H,21,22). The summed E-state index contributed by atoms with van der Waals surface area (Å²) in [4.78, 5) is 16.6. The molecule has 2 heterocycles. The van der Waals surface area contributed by atoms with E-state index in [2.05, 4.69) is 32.9 Å². The van der Waals surface area contributed by atoms with Crippen LogP contribution in [0.4, 0.5) is 5.69 Å². The van der Waals surface area contributed by atoms with E-state index in [0.29, 0.717) is 5.57 Å². The summed E-state index contributed by atoms with van der Waals surface area (Å²) in [5, 5.41) is 3.96. The molecule has 1 aromatic heterocycles. The van der Waals surface area contributed by atoms with E-state index in [0.717, 1.165) is 31.3 Å². The molecule has 0 saturated carbocycles. The number of hydrogen-bond donors (Lipinski definition) is 1. The van der Waals surface area contributed by atoms with Gasteiger partial charge in [-0.1, -0.05) is 18.2 Å². The van der Waals surface area contributed by atoms with Gasteiger partial charge in [0.05, 0.1) is 5.52 Å². The molecule has 3 nitrogen and oxygen atoms in total. The second kappa shape index (κ2) is 5.21. The van der Waals surface area contributed by atoms with Gasteiger partial charge in [0.2, 0.25) is 0 Å². The van der Waals surface area contributed by atoms with Crippen LogP contribution in [0.1, 0.15) is 11.1 Å². The average Bonchev–Trinajstić information content (AvgIpc) is 2.83. The number of aromatic nitrogens is 1. The van der Waals surface area contributed by atoms with E-state index >= 15 is 0 Å². The van der Waals surface area contributed by atoms with Crippen molar-refractivity contribution in [3.05, 3.63) is 69.4 Å². The lowest BCUT2D eigenvalue weighted by Crippen LogP contribution is -2.03. The lowest BCUT2D eigenvalue weighted by atomic mass is 10.0. The first-order valence-corrected chi connectivity index (χ1v) is 7.97. The molecule has 4 heteroatoms. The molecule has 1 aliphatic heterocycles. The van der Waals surface area contributed by atoms with Gasteiger partial charge >= 0.3 is 0 Å². The minimum atomic E-state index is -0.0575. The van der Waals surface area contributed by atoms with E-state index in [4.69, 9.17) is 0 Å². The van der Waals surface area contributed by atoms with E-state index in [1.54, 1.807) is 6.20 Å². The van der Waals surface area contributed by atoms with Crippen LogP contribution in [-0.4, -0.2) is 10.9 Å². The van der Waals surface area contributed by atoms with Crippen LogP contribution in [-0.2, 0) is 4.79 Å². The van der Waals surface area contributed by atoms with Crippen molar-refractivity contribution in [2.24, 2.45) is 0 Å². The van der Waals surface area contributed by atoms with Gasteiger partial charge < -0.3 is 5.32 Å². The highest BCUT2D eigenvalue weighted by Crippen LogP contribution is 2.34. The molecule has 22 heavy (non-hydrogen) atoms. The molecule has 1 amide bonds. The molecule has 0 saturated heterocycles. The topological polar surface area (TPSA) is 42.0 Å². The molecule has 0 spiro atoms. The molecule has 0 aliphatic carbocycles. The number of amides is 1. The minimum absolute atomic E-state index is 0.0575. The number of hydrogen-bond acceptors (Lipinski definition) is 2. The molecule has 2 aromatic carbocycles. The summed E-state index contributed by atoms with van der Waals surface area (Å²) in [7, 11) is 0. The maximum atomic E-state index is 12.3. The van der Waals surface area contributed by atoms with Crippen LogP contribution < -0.4 is 5.32 Å². The molecule has 0 unspecified atom stereocenters. The SMILES string of the molecule is O=C1Nc2ccc(I)cc2C1=Cc1ccnc2ccccc12. The van der Waals surface area contributed by atoms with Crippen molar-refractivity contribution in [3.63, 3.8) is 0 Å². The molecule has 0 radical (unpaired) electrons. The van der Waals surface area contributed by atoms with Gasteiger partial charge in [-0.2, -0.15) is 0 Å². The van der Waals surface area contributed by atoms with Gasteiger partial charge in [0.25, 0.3) is 5.91 Å². The Labute approximate surface area is 141 Å². The Balaban J connectivity index is 1.93. The van der Waals surface area contributed by atoms with Crippen LogP contribution in [0.3, 0.4) is 0 Å². The van der Waals surface area contributed by atoms with Crippen molar-refractivity contribution in [1.82, 2.24) is 4.98 Å². The van der Waals surface area contributed by atoms with E-state index in [1.165, 1.54) is 0 Å². The lowest BCUT2D eigenvalue weighted by molar-refractivity contribution is -0.110. The van der Waals surface area contributed by atoms with Crippen molar-refractivity contribution in [2.45, 2.75) is 0 Å². The Morgan fingerprint density at radius 3 is 2.86 bits per heavy atom. The number of anilines is 1. The third-order valence-corrected chi connectivity index (χ3v) is 4.42. The van der Waals surface area contributed by atoms with Crippen molar-refractivity contribution in [1.29, 1.82) is 0 Å². The number of fused-ring (bicyclic) bond motifs is 2. The largest absolute Gasteiger partial charge is 0.321 e. The zero-order valence-corrected chi connectivity index (χ0v) is 13.7. The summed E-state index contributed by atoms with van der Waals surface area (Å²) in [6.45, 7) is 0. The maximum Gasteiger partial charge on any atom is 0.256 e. The molecule has 0 bridgehead atoms. The number of nitrogens with zero attached hydrogens (tertiary/aromatic N) is 1. The minimum Gasteiger partial charge on any atom is -0.321 e. The second-order valence-corrected chi connectivity index (χ2v) is 6.37. The number of rotatable bonds is 1. The molecule has 0 atom stereocenters. The number of carbonyl (C=O) groups excluding carboxylic acids is 1. The molecule has 3 aromatic rings. The number of pyridine rings is 1. The monoisotopic (exact) mass is 398 g/mol. The van der Waals surface area contributed by atoms with E-state index < -0.39 is 0 Å². The number of carbonyl (C=O) groups is 1. The summed E-state index contributed by atoms with van der Waals surface area (Å²) in [6, 6.07) is 15.9. The van der Waals surface area contributed by atoms with E-state index in [-0.39, 0.29) is 5.91 Å². The van der Waals surface area contributed by atoms with Crippen molar-refractivity contribution < 1.29 is 4.79 Å². The number of nitrogens with one attached hydrogen (secondary N) is 1. The first kappa shape index (κ1) is 13.5. The summed E-state index contributed by atoms with van der Waals surface area (Å²) in [5.74, 6) is -0.0575. The fourth-order valence-corrected chi connectivity index (χ4v) is 3.19. The fraction of sp³-hybridized carbons (Fsp3) is 0. The first-order valence-electron chi connectivity index (χ1n) is 6.89. The molecule has 106 valence electrons. The van der Waals surface area contributed by atoms with Gasteiger partial charge in [0.1, 0.15) is 0 Å². The Morgan fingerprint density at radius 1 is 1.09 bits per heavy atom. The fourth-order valence-electron chi connectivity index (χ4n) is 2.70. The van der Waals surface area contributed by atoms with Gasteiger partial charge in [0, 0.05) is 32.0 Å². The van der Waals surface area contributed by atoms with Crippen molar-refractivity contribution in [3.8, 4) is 0 Å². The number of halogens is 1. The van der Waals surface area contributed by atoms with E-state index in [9.17, 15) is 4.79 Å². The summed E-state index contributed by atoms with van der Waals surface area (Å²) in [6.07, 6.45) is 3.72. The lowest BCUT2D eigenvalue weighted by Gasteiger charge is -2.03. The molecule has 1 N–H and O–H groups in total. The third kappa shape index (κ3) is 2.20. The quantitative estimate of drug-likeness (QED) is 0.490. The Kier molecular flexibility index (Phi) is 3.18. The molecule has 0 fully saturated rings. The summed E-state index contributed by atoms with van der Waals surface area (Å²) in [5.41, 5.74) is 4.46. The van der Waals surface area contributed by atoms with Gasteiger partial charge in [0.15, 0.2) is 0 Å². The van der Waals surface area contributed by atoms with Gasteiger partial charge in [-0.15, -0.1) is 0 Å². The molecular formula is C18H11IN2O. The van der Waals surface area contributed by atoms with Gasteiger partial charge in [-0.05, 0) is 64.6 Å². The van der Waals surface area contributed by atoms with Crippen molar-refractivity contribution >= 4 is 56.7 Å². The Morgan fingerprint density at radius 2 is 1.95 bits per heavy atom. The number of para-hydroxylation sites is 1. The van der Waals surface area contributed by atoms with E-state index in [1.807, 2.05) is 54.6 Å². The smallest absolute Gasteiger partial charge is 0.256 e. The van der Waals surface area contributed by atoms with Crippen molar-refractivity contribution in [2.75, 3.05) is 5.32 Å². The summed E-state index contributed by atoms with van der Waals surface area (Å²) < 4.78 is 1.11. The predicted octanol–water partition coefficient (Wildman–Crippen LogP) is 4.33. The highest BCUT2D eigenvalue weighted by Gasteiger charge is 2.24. The second-order valence-electron chi connectivity index (χ2n) is 5.12. The normalized spacial score (nSPS) is 15.1. The average molecular weight is 398 g/mol. The zero-order valence-electron chi connectivity index (χ0n) is 11.5. The Hall–Kier alpha value is -2.21. The van der Waals surface area contributed by atoms with Crippen LogP contribution >= 0.6 is 22.6 Å². The van der Waals surface area contributed by atoms with Crippen LogP contribution in [0.5, 0.6) is 0 Å². The maximum absolute atomic E-state index is 12.3. The van der Waals surface area contributed by atoms with Crippen LogP contribution in [0, 0.1) is 3.57 Å². The highest BCUT2D eigenvalue weighted by atomic mass is 127. The predicted molar refractivity (Wildman–Crippen MR) is 97.4 cm³/mol. The number of benzene rings is 2. The molecular weight excluding hydrogens is 387 g/mol.